The van der Waals surface area contributed by atoms with E-state index in [1.807, 2.05) is 65.6 Å². The molecule has 176 valence electrons. The molecule has 1 amide bonds. The largest absolute Gasteiger partial charge is 0.493 e. The van der Waals surface area contributed by atoms with E-state index in [1.54, 1.807) is 40.6 Å². The molecule has 0 aliphatic carbocycles. The standard InChI is InChI=1S/C28H29NO5/c1-31-23-12-8-11-20(28(23)34-4)13-14-26(30)29-16-15-21-17-24(32-2)25(33-3)18-22(21)27(29)19-9-6-5-7-10-19/h5-14,17-18,27H,15-16H2,1-4H3/b14-13+. The summed E-state index contributed by atoms with van der Waals surface area (Å²) in [5.74, 6) is 2.46. The summed E-state index contributed by atoms with van der Waals surface area (Å²) in [4.78, 5) is 15.4. The topological polar surface area (TPSA) is 57.2 Å². The summed E-state index contributed by atoms with van der Waals surface area (Å²) in [6, 6.07) is 19.4. The van der Waals surface area contributed by atoms with Crippen LogP contribution in [0.1, 0.15) is 28.3 Å². The normalized spacial score (nSPS) is 15.1. The third-order valence-corrected chi connectivity index (χ3v) is 6.11. The first-order valence-electron chi connectivity index (χ1n) is 11.1. The number of carbonyl (C=O) groups is 1. The van der Waals surface area contributed by atoms with E-state index in [4.69, 9.17) is 18.9 Å². The molecule has 0 radical (unpaired) electrons. The molecule has 0 bridgehead atoms. The van der Waals surface area contributed by atoms with Crippen LogP contribution in [0.15, 0.2) is 66.7 Å². The van der Waals surface area contributed by atoms with Crippen LogP contribution in [-0.2, 0) is 11.2 Å². The van der Waals surface area contributed by atoms with Crippen molar-refractivity contribution in [3.8, 4) is 23.0 Å². The maximum atomic E-state index is 13.5. The molecule has 1 aliphatic heterocycles. The van der Waals surface area contributed by atoms with Gasteiger partial charge in [-0.3, -0.25) is 4.79 Å². The number of ether oxygens (including phenoxy) is 4. The third-order valence-electron chi connectivity index (χ3n) is 6.11. The summed E-state index contributed by atoms with van der Waals surface area (Å²) < 4.78 is 22.0. The summed E-state index contributed by atoms with van der Waals surface area (Å²) in [6.07, 6.45) is 4.09. The molecule has 6 heteroatoms. The Morgan fingerprint density at radius 1 is 0.853 bits per heavy atom. The Hall–Kier alpha value is -3.93. The van der Waals surface area contributed by atoms with Crippen LogP contribution in [0.3, 0.4) is 0 Å². The minimum absolute atomic E-state index is 0.0841. The summed E-state index contributed by atoms with van der Waals surface area (Å²) >= 11 is 0. The van der Waals surface area contributed by atoms with Crippen molar-refractivity contribution in [2.45, 2.75) is 12.5 Å². The number of para-hydroxylation sites is 1. The van der Waals surface area contributed by atoms with Gasteiger partial charge in [-0.2, -0.15) is 0 Å². The van der Waals surface area contributed by atoms with Gasteiger partial charge >= 0.3 is 0 Å². The Bertz CT molecular complexity index is 1190. The first kappa shape index (κ1) is 23.2. The van der Waals surface area contributed by atoms with Gasteiger partial charge in [0.25, 0.3) is 0 Å². The second kappa shape index (κ2) is 10.3. The van der Waals surface area contributed by atoms with Crippen molar-refractivity contribution < 1.29 is 23.7 Å². The van der Waals surface area contributed by atoms with Gasteiger partial charge in [0, 0.05) is 18.2 Å². The quantitative estimate of drug-likeness (QED) is 0.470. The molecule has 0 saturated carbocycles. The average molecular weight is 460 g/mol. The fraction of sp³-hybridized carbons (Fsp3) is 0.250. The van der Waals surface area contributed by atoms with Crippen LogP contribution < -0.4 is 18.9 Å². The molecule has 6 nitrogen and oxygen atoms in total. The van der Waals surface area contributed by atoms with E-state index >= 15 is 0 Å². The fourth-order valence-electron chi connectivity index (χ4n) is 4.48. The van der Waals surface area contributed by atoms with Crippen LogP contribution in [-0.4, -0.2) is 45.8 Å². The summed E-state index contributed by atoms with van der Waals surface area (Å²) in [6.45, 7) is 0.584. The smallest absolute Gasteiger partial charge is 0.247 e. The zero-order valence-corrected chi connectivity index (χ0v) is 19.9. The second-order valence-corrected chi connectivity index (χ2v) is 7.92. The molecule has 1 atom stereocenters. The van der Waals surface area contributed by atoms with Gasteiger partial charge in [0.05, 0.1) is 34.5 Å². The minimum Gasteiger partial charge on any atom is -0.493 e. The molecule has 0 spiro atoms. The number of fused-ring (bicyclic) bond motifs is 1. The monoisotopic (exact) mass is 459 g/mol. The van der Waals surface area contributed by atoms with Gasteiger partial charge in [-0.05, 0) is 47.4 Å². The summed E-state index contributed by atoms with van der Waals surface area (Å²) in [7, 11) is 6.44. The van der Waals surface area contributed by atoms with Crippen molar-refractivity contribution in [2.24, 2.45) is 0 Å². The van der Waals surface area contributed by atoms with Crippen LogP contribution in [0.25, 0.3) is 6.08 Å². The van der Waals surface area contributed by atoms with E-state index in [0.717, 1.165) is 28.7 Å². The van der Waals surface area contributed by atoms with Gasteiger partial charge in [-0.25, -0.2) is 0 Å². The van der Waals surface area contributed by atoms with Gasteiger partial charge in [0.1, 0.15) is 0 Å². The minimum atomic E-state index is -0.242. The maximum absolute atomic E-state index is 13.5. The molecule has 1 aliphatic rings. The highest BCUT2D eigenvalue weighted by Crippen LogP contribution is 2.41. The molecule has 3 aromatic rings. The maximum Gasteiger partial charge on any atom is 0.247 e. The number of rotatable bonds is 7. The van der Waals surface area contributed by atoms with Gasteiger partial charge < -0.3 is 23.8 Å². The fourth-order valence-corrected chi connectivity index (χ4v) is 4.48. The molecule has 4 rings (SSSR count). The first-order chi connectivity index (χ1) is 16.6. The molecular weight excluding hydrogens is 430 g/mol. The van der Waals surface area contributed by atoms with Crippen LogP contribution in [0.5, 0.6) is 23.0 Å². The van der Waals surface area contributed by atoms with E-state index in [1.165, 1.54) is 0 Å². The number of methoxy groups -OCH3 is 4. The number of hydrogen-bond donors (Lipinski definition) is 0. The molecule has 0 aromatic heterocycles. The van der Waals surface area contributed by atoms with Gasteiger partial charge in [0.15, 0.2) is 23.0 Å². The van der Waals surface area contributed by atoms with Crippen LogP contribution in [0.2, 0.25) is 0 Å². The van der Waals surface area contributed by atoms with Crippen molar-refractivity contribution in [2.75, 3.05) is 35.0 Å². The highest BCUT2D eigenvalue weighted by Gasteiger charge is 2.32. The molecule has 1 heterocycles. The Morgan fingerprint density at radius 3 is 2.24 bits per heavy atom. The van der Waals surface area contributed by atoms with Crippen molar-refractivity contribution in [3.63, 3.8) is 0 Å². The average Bonchev–Trinajstić information content (AvgIpc) is 2.90. The van der Waals surface area contributed by atoms with Crippen LogP contribution >= 0.6 is 0 Å². The Kier molecular flexibility index (Phi) is 7.07. The van der Waals surface area contributed by atoms with Gasteiger partial charge in [-0.1, -0.05) is 42.5 Å². The third kappa shape index (κ3) is 4.44. The highest BCUT2D eigenvalue weighted by atomic mass is 16.5. The number of benzene rings is 3. The number of carbonyl (C=O) groups excluding carboxylic acids is 1. The summed E-state index contributed by atoms with van der Waals surface area (Å²) in [5.41, 5.74) is 4.00. The molecule has 0 saturated heterocycles. The van der Waals surface area contributed by atoms with Gasteiger partial charge in [-0.15, -0.1) is 0 Å². The first-order valence-corrected chi connectivity index (χ1v) is 11.1. The van der Waals surface area contributed by atoms with Crippen molar-refractivity contribution in [1.82, 2.24) is 4.90 Å². The van der Waals surface area contributed by atoms with Gasteiger partial charge in [0.2, 0.25) is 5.91 Å². The lowest BCUT2D eigenvalue weighted by Gasteiger charge is -2.37. The molecule has 0 fully saturated rings. The SMILES string of the molecule is COc1cc2c(cc1OC)C(c1ccccc1)N(C(=O)/C=C/c1cccc(OC)c1OC)CC2. The second-order valence-electron chi connectivity index (χ2n) is 7.92. The van der Waals surface area contributed by atoms with Crippen LogP contribution in [0.4, 0.5) is 0 Å². The highest BCUT2D eigenvalue weighted by molar-refractivity contribution is 5.93. The van der Waals surface area contributed by atoms with E-state index in [9.17, 15) is 4.79 Å². The Labute approximate surface area is 200 Å². The molecule has 0 N–H and O–H groups in total. The zero-order valence-electron chi connectivity index (χ0n) is 19.9. The van der Waals surface area contributed by atoms with Crippen LogP contribution in [0, 0.1) is 0 Å². The van der Waals surface area contributed by atoms with Crippen molar-refractivity contribution in [1.29, 1.82) is 0 Å². The Balaban J connectivity index is 1.73. The lowest BCUT2D eigenvalue weighted by molar-refractivity contribution is -0.127. The predicted molar refractivity (Wildman–Crippen MR) is 132 cm³/mol. The molecule has 1 unspecified atom stereocenters. The van der Waals surface area contributed by atoms with E-state index in [2.05, 4.69) is 0 Å². The van der Waals surface area contributed by atoms with Crippen molar-refractivity contribution in [3.05, 3.63) is 89.0 Å². The zero-order chi connectivity index (χ0) is 24.1. The lowest BCUT2D eigenvalue weighted by atomic mass is 9.87. The summed E-state index contributed by atoms with van der Waals surface area (Å²) in [5, 5.41) is 0. The van der Waals surface area contributed by atoms with E-state index in [-0.39, 0.29) is 11.9 Å². The molecule has 34 heavy (non-hydrogen) atoms. The number of amides is 1. The van der Waals surface area contributed by atoms with E-state index < -0.39 is 0 Å². The van der Waals surface area contributed by atoms with E-state index in [0.29, 0.717) is 29.5 Å². The number of nitrogens with zero attached hydrogens (tertiary/aromatic N) is 1. The lowest BCUT2D eigenvalue weighted by Crippen LogP contribution is -2.39. The Morgan fingerprint density at radius 2 is 1.56 bits per heavy atom. The van der Waals surface area contributed by atoms with Crippen molar-refractivity contribution >= 4 is 12.0 Å². The number of hydrogen-bond acceptors (Lipinski definition) is 5. The molecular formula is C28H29NO5. The molecule has 3 aromatic carbocycles. The predicted octanol–water partition coefficient (Wildman–Crippen LogP) is 4.91.